The summed E-state index contributed by atoms with van der Waals surface area (Å²) in [5.41, 5.74) is 4.15. The van der Waals surface area contributed by atoms with Crippen LogP contribution in [0.2, 0.25) is 0 Å². The number of nitrogens with zero attached hydrogens (tertiary/aromatic N) is 3. The summed E-state index contributed by atoms with van der Waals surface area (Å²) < 4.78 is 5.80. The predicted octanol–water partition coefficient (Wildman–Crippen LogP) is 5.36. The zero-order chi connectivity index (χ0) is 23.1. The molecule has 1 fully saturated rings. The minimum absolute atomic E-state index is 0.0326. The molecule has 1 aromatic heterocycles. The fourth-order valence-electron chi connectivity index (χ4n) is 5.13. The average Bonchev–Trinajstić information content (AvgIpc) is 3.16. The van der Waals surface area contributed by atoms with Gasteiger partial charge in [0, 0.05) is 17.0 Å². The number of anilines is 1. The molecule has 0 radical (unpaired) electrons. The van der Waals surface area contributed by atoms with Crippen LogP contribution in [0.25, 0.3) is 0 Å². The lowest BCUT2D eigenvalue weighted by molar-refractivity contribution is -0.113. The smallest absolute Gasteiger partial charge is 0.234 e. The molecule has 33 heavy (non-hydrogen) atoms. The van der Waals surface area contributed by atoms with Gasteiger partial charge in [-0.05, 0) is 48.1 Å². The molecule has 3 aromatic rings. The maximum Gasteiger partial charge on any atom is 0.234 e. The first kappa shape index (κ1) is 21.9. The number of fused-ring (bicyclic) bond motifs is 5. The Morgan fingerprint density at radius 2 is 1.85 bits per heavy atom. The fourth-order valence-corrected chi connectivity index (χ4v) is 5.71. The number of rotatable bonds is 7. The predicted molar refractivity (Wildman–Crippen MR) is 130 cm³/mol. The molecule has 0 spiro atoms. The van der Waals surface area contributed by atoms with Crippen molar-refractivity contribution in [1.82, 2.24) is 15.2 Å². The van der Waals surface area contributed by atoms with E-state index >= 15 is 0 Å². The lowest BCUT2D eigenvalue weighted by atomic mass is 9.70. The first-order valence-electron chi connectivity index (χ1n) is 11.3. The topological polar surface area (TPSA) is 77.0 Å². The van der Waals surface area contributed by atoms with Crippen molar-refractivity contribution in [3.05, 3.63) is 71.5 Å². The number of benzene rings is 2. The first-order valence-corrected chi connectivity index (χ1v) is 12.3. The largest absolute Gasteiger partial charge is 0.489 e. The van der Waals surface area contributed by atoms with Crippen molar-refractivity contribution in [1.29, 1.82) is 0 Å². The van der Waals surface area contributed by atoms with Gasteiger partial charge >= 0.3 is 0 Å². The molecule has 0 saturated heterocycles. The summed E-state index contributed by atoms with van der Waals surface area (Å²) in [6.45, 7) is 7.43. The van der Waals surface area contributed by atoms with Crippen LogP contribution < -0.4 is 10.1 Å². The van der Waals surface area contributed by atoms with Crippen molar-refractivity contribution in [3.63, 3.8) is 0 Å². The number of nitrogens with one attached hydrogen (secondary N) is 1. The quantitative estimate of drug-likeness (QED) is 0.479. The van der Waals surface area contributed by atoms with Crippen molar-refractivity contribution in [2.45, 2.75) is 56.7 Å². The molecule has 1 saturated carbocycles. The summed E-state index contributed by atoms with van der Waals surface area (Å²) in [6.07, 6.45) is 2.28. The van der Waals surface area contributed by atoms with E-state index in [1.807, 2.05) is 54.6 Å². The van der Waals surface area contributed by atoms with Gasteiger partial charge in [0.25, 0.3) is 0 Å². The van der Waals surface area contributed by atoms with E-state index in [1.54, 1.807) is 0 Å². The number of hydrogen-bond donors (Lipinski definition) is 1. The van der Waals surface area contributed by atoms with Crippen molar-refractivity contribution in [3.8, 4) is 5.75 Å². The Bertz CT molecular complexity index is 1170. The van der Waals surface area contributed by atoms with Crippen molar-refractivity contribution < 1.29 is 9.53 Å². The zero-order valence-corrected chi connectivity index (χ0v) is 20.0. The van der Waals surface area contributed by atoms with Gasteiger partial charge in [-0.1, -0.05) is 62.9 Å². The fraction of sp³-hybridized carbons (Fsp3) is 0.385. The SMILES string of the molecule is CC1(C)[C@H]2CC[C@]1(C)c1nc(SCC(=O)Nc3ccc(OCc4ccccc4)cc3)nnc12. The Kier molecular flexibility index (Phi) is 5.60. The zero-order valence-electron chi connectivity index (χ0n) is 19.2. The van der Waals surface area contributed by atoms with Gasteiger partial charge in [-0.15, -0.1) is 5.10 Å². The Morgan fingerprint density at radius 3 is 2.61 bits per heavy atom. The highest BCUT2D eigenvalue weighted by Gasteiger charge is 2.61. The van der Waals surface area contributed by atoms with Gasteiger partial charge in [0.1, 0.15) is 12.4 Å². The van der Waals surface area contributed by atoms with Crippen molar-refractivity contribution in [2.24, 2.45) is 5.41 Å². The molecule has 7 heteroatoms. The first-order chi connectivity index (χ1) is 15.9. The van der Waals surface area contributed by atoms with Gasteiger partial charge in [0.15, 0.2) is 0 Å². The Morgan fingerprint density at radius 1 is 1.09 bits per heavy atom. The molecule has 6 nitrogen and oxygen atoms in total. The maximum absolute atomic E-state index is 12.5. The van der Waals surface area contributed by atoms with Gasteiger partial charge in [-0.2, -0.15) is 5.10 Å². The van der Waals surface area contributed by atoms with E-state index in [-0.39, 0.29) is 22.5 Å². The Hall–Kier alpha value is -2.93. The van der Waals surface area contributed by atoms with E-state index in [4.69, 9.17) is 9.72 Å². The molecule has 2 aromatic carbocycles. The number of aromatic nitrogens is 3. The number of thioether (sulfide) groups is 1. The van der Waals surface area contributed by atoms with E-state index < -0.39 is 0 Å². The van der Waals surface area contributed by atoms with Crippen LogP contribution in [-0.2, 0) is 16.8 Å². The highest BCUT2D eigenvalue weighted by molar-refractivity contribution is 7.99. The van der Waals surface area contributed by atoms with Crippen LogP contribution in [0.5, 0.6) is 5.75 Å². The number of carbonyl (C=O) groups is 1. The third-order valence-corrected chi connectivity index (χ3v) is 8.33. The third kappa shape index (κ3) is 3.99. The second kappa shape index (κ2) is 8.45. The molecule has 170 valence electrons. The summed E-state index contributed by atoms with van der Waals surface area (Å²) in [7, 11) is 0. The molecule has 0 unspecified atom stereocenters. The maximum atomic E-state index is 12.5. The second-order valence-corrected chi connectivity index (χ2v) is 10.6. The van der Waals surface area contributed by atoms with E-state index in [0.29, 0.717) is 17.7 Å². The third-order valence-electron chi connectivity index (χ3n) is 7.49. The summed E-state index contributed by atoms with van der Waals surface area (Å²) in [5.74, 6) is 1.32. The number of ether oxygens (including phenoxy) is 1. The molecule has 2 aliphatic rings. The molecular formula is C26H28N4O2S. The number of hydrogen-bond acceptors (Lipinski definition) is 6. The van der Waals surface area contributed by atoms with Crippen LogP contribution in [0.4, 0.5) is 5.69 Å². The molecule has 2 bridgehead atoms. The van der Waals surface area contributed by atoms with Gasteiger partial charge < -0.3 is 10.1 Å². The van der Waals surface area contributed by atoms with E-state index in [2.05, 4.69) is 36.3 Å². The van der Waals surface area contributed by atoms with Gasteiger partial charge in [-0.25, -0.2) is 4.98 Å². The molecule has 1 heterocycles. The summed E-state index contributed by atoms with van der Waals surface area (Å²) in [5, 5.41) is 12.3. The highest BCUT2D eigenvalue weighted by atomic mass is 32.2. The van der Waals surface area contributed by atoms with E-state index in [1.165, 1.54) is 11.8 Å². The molecule has 1 N–H and O–H groups in total. The molecule has 0 aliphatic heterocycles. The normalized spacial score (nSPS) is 22.1. The summed E-state index contributed by atoms with van der Waals surface area (Å²) in [6, 6.07) is 17.4. The lowest BCUT2D eigenvalue weighted by Gasteiger charge is -2.33. The summed E-state index contributed by atoms with van der Waals surface area (Å²) in [4.78, 5) is 17.3. The molecule has 1 amide bonds. The average molecular weight is 461 g/mol. The van der Waals surface area contributed by atoms with Gasteiger partial charge in [0.2, 0.25) is 11.1 Å². The van der Waals surface area contributed by atoms with Crippen molar-refractivity contribution in [2.75, 3.05) is 11.1 Å². The summed E-state index contributed by atoms with van der Waals surface area (Å²) >= 11 is 1.33. The Balaban J connectivity index is 1.15. The van der Waals surface area contributed by atoms with Crippen LogP contribution in [0.3, 0.4) is 0 Å². The lowest BCUT2D eigenvalue weighted by Crippen LogP contribution is -2.32. The highest BCUT2D eigenvalue weighted by Crippen LogP contribution is 2.66. The molecule has 5 rings (SSSR count). The number of carbonyl (C=O) groups excluding carboxylic acids is 1. The van der Waals surface area contributed by atoms with Crippen LogP contribution >= 0.6 is 11.8 Å². The molecular weight excluding hydrogens is 432 g/mol. The van der Waals surface area contributed by atoms with Crippen LogP contribution in [0, 0.1) is 5.41 Å². The number of amides is 1. The van der Waals surface area contributed by atoms with Gasteiger partial charge in [-0.3, -0.25) is 4.79 Å². The molecule has 2 atom stereocenters. The van der Waals surface area contributed by atoms with Crippen molar-refractivity contribution >= 4 is 23.4 Å². The van der Waals surface area contributed by atoms with E-state index in [9.17, 15) is 4.79 Å². The van der Waals surface area contributed by atoms with Crippen LogP contribution in [0.15, 0.2) is 59.8 Å². The van der Waals surface area contributed by atoms with Gasteiger partial charge in [0.05, 0.1) is 17.1 Å². The Labute approximate surface area is 198 Å². The standard InChI is InChI=1S/C26H28N4O2S/c1-25(2)20-13-14-26(25,3)23-22(20)29-30-24(28-23)33-16-21(31)27-18-9-11-19(12-10-18)32-15-17-7-5-4-6-8-17/h4-12,20H,13-16H2,1-3H3,(H,27,31)/t20-,26+/m0/s1. The minimum atomic E-state index is -0.102. The van der Waals surface area contributed by atoms with Crippen LogP contribution in [-0.4, -0.2) is 26.8 Å². The molecule has 2 aliphatic carbocycles. The monoisotopic (exact) mass is 460 g/mol. The second-order valence-electron chi connectivity index (χ2n) is 9.61. The minimum Gasteiger partial charge on any atom is -0.489 e. The van der Waals surface area contributed by atoms with E-state index in [0.717, 1.165) is 41.2 Å². The van der Waals surface area contributed by atoms with Crippen LogP contribution in [0.1, 0.15) is 56.5 Å².